The first kappa shape index (κ1) is 14.1. The Labute approximate surface area is 111 Å². The quantitative estimate of drug-likeness (QED) is 0.805. The topological polar surface area (TPSA) is 31.4 Å². The molecule has 0 amide bonds. The number of ether oxygens (including phenoxy) is 2. The first-order chi connectivity index (χ1) is 9.40. The fourth-order valence-corrected chi connectivity index (χ4v) is 1.65. The third-order valence-electron chi connectivity index (χ3n) is 2.43. The molecule has 0 saturated heterocycles. The Morgan fingerprint density at radius 3 is 2.55 bits per heavy atom. The Kier molecular flexibility index (Phi) is 3.78. The van der Waals surface area contributed by atoms with Crippen molar-refractivity contribution in [1.29, 1.82) is 0 Å². The van der Waals surface area contributed by atoms with Gasteiger partial charge in [0.2, 0.25) is 0 Å². The largest absolute Gasteiger partial charge is 0.573 e. The minimum atomic E-state index is -4.80. The number of rotatable bonds is 3. The van der Waals surface area contributed by atoms with E-state index < -0.39 is 17.9 Å². The number of pyridine rings is 1. The van der Waals surface area contributed by atoms with Crippen LogP contribution in [0.15, 0.2) is 36.5 Å². The molecule has 2 rings (SSSR count). The van der Waals surface area contributed by atoms with Gasteiger partial charge in [-0.25, -0.2) is 9.37 Å². The molecule has 0 saturated carbocycles. The molecule has 3 nitrogen and oxygen atoms in total. The molecule has 20 heavy (non-hydrogen) atoms. The van der Waals surface area contributed by atoms with Crippen molar-refractivity contribution < 1.29 is 27.0 Å². The minimum Gasteiger partial charge on any atom is -0.479 e. The highest BCUT2D eigenvalue weighted by Crippen LogP contribution is 2.31. The van der Waals surface area contributed by atoms with Gasteiger partial charge in [0.15, 0.2) is 5.82 Å². The van der Waals surface area contributed by atoms with Gasteiger partial charge in [-0.1, -0.05) is 12.1 Å². The zero-order valence-corrected chi connectivity index (χ0v) is 10.2. The van der Waals surface area contributed by atoms with Crippen LogP contribution in [0.1, 0.15) is 0 Å². The Balaban J connectivity index is 2.41. The van der Waals surface area contributed by atoms with E-state index in [1.54, 1.807) is 0 Å². The summed E-state index contributed by atoms with van der Waals surface area (Å²) >= 11 is 0. The van der Waals surface area contributed by atoms with Gasteiger partial charge in [0.1, 0.15) is 5.75 Å². The van der Waals surface area contributed by atoms with Gasteiger partial charge >= 0.3 is 6.36 Å². The van der Waals surface area contributed by atoms with E-state index in [4.69, 9.17) is 4.74 Å². The van der Waals surface area contributed by atoms with E-state index >= 15 is 0 Å². The molecule has 1 aromatic heterocycles. The van der Waals surface area contributed by atoms with Gasteiger partial charge in [-0.2, -0.15) is 0 Å². The van der Waals surface area contributed by atoms with Gasteiger partial charge < -0.3 is 9.47 Å². The molecule has 2 aromatic rings. The lowest BCUT2D eigenvalue weighted by molar-refractivity contribution is -0.274. The van der Waals surface area contributed by atoms with Gasteiger partial charge in [0.05, 0.1) is 7.11 Å². The lowest BCUT2D eigenvalue weighted by Crippen LogP contribution is -2.17. The van der Waals surface area contributed by atoms with E-state index in [0.29, 0.717) is 0 Å². The molecule has 106 valence electrons. The summed E-state index contributed by atoms with van der Waals surface area (Å²) in [5.41, 5.74) is 0.300. The summed E-state index contributed by atoms with van der Waals surface area (Å²) in [7, 11) is 1.25. The van der Waals surface area contributed by atoms with Crippen molar-refractivity contribution in [2.75, 3.05) is 7.11 Å². The molecule has 0 fully saturated rings. The Morgan fingerprint density at radius 2 is 1.90 bits per heavy atom. The van der Waals surface area contributed by atoms with Crippen LogP contribution >= 0.6 is 0 Å². The lowest BCUT2D eigenvalue weighted by Gasteiger charge is -2.11. The summed E-state index contributed by atoms with van der Waals surface area (Å²) in [5.74, 6) is -1.41. The highest BCUT2D eigenvalue weighted by Gasteiger charge is 2.31. The SMILES string of the molecule is COc1nccc(-c2cccc(OC(F)(F)F)c2)c1F. The van der Waals surface area contributed by atoms with Gasteiger partial charge in [0.25, 0.3) is 5.88 Å². The molecule has 0 N–H and O–H groups in total. The molecule has 0 radical (unpaired) electrons. The number of aromatic nitrogens is 1. The number of hydrogen-bond acceptors (Lipinski definition) is 3. The molecule has 7 heteroatoms. The summed E-state index contributed by atoms with van der Waals surface area (Å²) in [4.78, 5) is 3.66. The van der Waals surface area contributed by atoms with Crippen LogP contribution in [0.2, 0.25) is 0 Å². The summed E-state index contributed by atoms with van der Waals surface area (Å²) < 4.78 is 58.9. The number of benzene rings is 1. The maximum atomic E-state index is 14.0. The second-order valence-corrected chi connectivity index (χ2v) is 3.76. The standard InChI is InChI=1S/C13H9F4NO2/c1-19-12-11(14)10(5-6-18-12)8-3-2-4-9(7-8)20-13(15,16)17/h2-7H,1H3. The van der Waals surface area contributed by atoms with Crippen LogP contribution in [0, 0.1) is 5.82 Å². The van der Waals surface area contributed by atoms with E-state index in [0.717, 1.165) is 12.1 Å². The van der Waals surface area contributed by atoms with Crippen molar-refractivity contribution in [2.24, 2.45) is 0 Å². The van der Waals surface area contributed by atoms with Crippen LogP contribution in [-0.4, -0.2) is 18.5 Å². The third kappa shape index (κ3) is 3.17. The highest BCUT2D eigenvalue weighted by atomic mass is 19.4. The Bertz CT molecular complexity index is 614. The normalized spacial score (nSPS) is 11.2. The summed E-state index contributed by atoms with van der Waals surface area (Å²) in [6.07, 6.45) is -3.50. The van der Waals surface area contributed by atoms with Gasteiger partial charge in [-0.3, -0.25) is 0 Å². The highest BCUT2D eigenvalue weighted by molar-refractivity contribution is 5.66. The number of alkyl halides is 3. The van der Waals surface area contributed by atoms with Crippen LogP contribution in [0.5, 0.6) is 11.6 Å². The maximum Gasteiger partial charge on any atom is 0.573 e. The molecule has 0 spiro atoms. The molecule has 0 unspecified atom stereocenters. The molecule has 0 aliphatic heterocycles. The molecular formula is C13H9F4NO2. The summed E-state index contributed by atoms with van der Waals surface area (Å²) in [6.45, 7) is 0. The number of halogens is 4. The number of nitrogens with zero attached hydrogens (tertiary/aromatic N) is 1. The second kappa shape index (κ2) is 5.36. The third-order valence-corrected chi connectivity index (χ3v) is 2.43. The molecule has 1 heterocycles. The smallest absolute Gasteiger partial charge is 0.479 e. The lowest BCUT2D eigenvalue weighted by atomic mass is 10.1. The van der Waals surface area contributed by atoms with E-state index in [1.165, 1.54) is 31.5 Å². The van der Waals surface area contributed by atoms with Crippen molar-refractivity contribution in [3.63, 3.8) is 0 Å². The van der Waals surface area contributed by atoms with E-state index in [9.17, 15) is 17.6 Å². The predicted molar refractivity (Wildman–Crippen MR) is 62.9 cm³/mol. The van der Waals surface area contributed by atoms with Crippen LogP contribution < -0.4 is 9.47 Å². The molecular weight excluding hydrogens is 278 g/mol. The molecule has 0 aliphatic rings. The van der Waals surface area contributed by atoms with E-state index in [1.807, 2.05) is 0 Å². The second-order valence-electron chi connectivity index (χ2n) is 3.76. The molecule has 0 bridgehead atoms. The molecule has 0 atom stereocenters. The zero-order valence-electron chi connectivity index (χ0n) is 10.2. The van der Waals surface area contributed by atoms with Crippen molar-refractivity contribution in [3.8, 4) is 22.8 Å². The monoisotopic (exact) mass is 287 g/mol. The average Bonchev–Trinajstić information content (AvgIpc) is 2.37. The molecule has 1 aromatic carbocycles. The fraction of sp³-hybridized carbons (Fsp3) is 0.154. The summed E-state index contributed by atoms with van der Waals surface area (Å²) in [6, 6.07) is 6.35. The summed E-state index contributed by atoms with van der Waals surface area (Å²) in [5, 5.41) is 0. The first-order valence-electron chi connectivity index (χ1n) is 5.45. The van der Waals surface area contributed by atoms with Crippen LogP contribution in [0.3, 0.4) is 0 Å². The number of hydrogen-bond donors (Lipinski definition) is 0. The van der Waals surface area contributed by atoms with Crippen molar-refractivity contribution in [1.82, 2.24) is 4.98 Å². The predicted octanol–water partition coefficient (Wildman–Crippen LogP) is 3.79. The van der Waals surface area contributed by atoms with Gasteiger partial charge in [-0.05, 0) is 23.8 Å². The minimum absolute atomic E-state index is 0.0736. The van der Waals surface area contributed by atoms with Crippen LogP contribution in [0.4, 0.5) is 17.6 Å². The van der Waals surface area contributed by atoms with Crippen molar-refractivity contribution >= 4 is 0 Å². The number of methoxy groups -OCH3 is 1. The van der Waals surface area contributed by atoms with E-state index in [-0.39, 0.29) is 17.0 Å². The van der Waals surface area contributed by atoms with E-state index in [2.05, 4.69) is 9.72 Å². The molecule has 0 aliphatic carbocycles. The van der Waals surface area contributed by atoms with Gasteiger partial charge in [0, 0.05) is 11.8 Å². The maximum absolute atomic E-state index is 14.0. The van der Waals surface area contributed by atoms with Crippen LogP contribution in [-0.2, 0) is 0 Å². The van der Waals surface area contributed by atoms with Crippen LogP contribution in [0.25, 0.3) is 11.1 Å². The first-order valence-corrected chi connectivity index (χ1v) is 5.45. The average molecular weight is 287 g/mol. The Hall–Kier alpha value is -2.31. The zero-order chi connectivity index (χ0) is 14.8. The van der Waals surface area contributed by atoms with Crippen molar-refractivity contribution in [2.45, 2.75) is 6.36 Å². The fourth-order valence-electron chi connectivity index (χ4n) is 1.65. The van der Waals surface area contributed by atoms with Gasteiger partial charge in [-0.15, -0.1) is 13.2 Å². The Morgan fingerprint density at radius 1 is 1.15 bits per heavy atom. The van der Waals surface area contributed by atoms with Crippen molar-refractivity contribution in [3.05, 3.63) is 42.3 Å².